The highest BCUT2D eigenvalue weighted by atomic mass is 16.5. The van der Waals surface area contributed by atoms with Gasteiger partial charge in [-0.3, -0.25) is 4.79 Å². The van der Waals surface area contributed by atoms with Crippen molar-refractivity contribution < 1.29 is 14.6 Å². The van der Waals surface area contributed by atoms with E-state index in [0.29, 0.717) is 18.8 Å². The van der Waals surface area contributed by atoms with Gasteiger partial charge in [0.2, 0.25) is 5.91 Å². The number of carbonyl (C=O) groups is 1. The minimum Gasteiger partial charge on any atom is -0.497 e. The lowest BCUT2D eigenvalue weighted by Crippen LogP contribution is -2.74. The maximum atomic E-state index is 12.0. The first-order valence-corrected chi connectivity index (χ1v) is 9.36. The lowest BCUT2D eigenvalue weighted by molar-refractivity contribution is -0.172. The third-order valence-electron chi connectivity index (χ3n) is 7.55. The molecule has 2 heterocycles. The number of benzene rings is 1. The summed E-state index contributed by atoms with van der Waals surface area (Å²) in [6.07, 6.45) is 3.95. The molecule has 1 amide bonds. The van der Waals surface area contributed by atoms with Crippen LogP contribution in [0.15, 0.2) is 18.2 Å². The molecule has 2 saturated heterocycles. The molecule has 2 aliphatic heterocycles. The number of amides is 1. The monoisotopic (exact) mass is 342 g/mol. The summed E-state index contributed by atoms with van der Waals surface area (Å²) in [4.78, 5) is 14.3. The molecule has 5 rings (SSSR count). The van der Waals surface area contributed by atoms with Crippen molar-refractivity contribution in [1.29, 1.82) is 0 Å². The maximum absolute atomic E-state index is 12.0. The van der Waals surface area contributed by atoms with Crippen molar-refractivity contribution >= 4 is 5.91 Å². The molecular weight excluding hydrogens is 316 g/mol. The van der Waals surface area contributed by atoms with E-state index in [1.165, 1.54) is 11.1 Å². The van der Waals surface area contributed by atoms with Crippen LogP contribution in [0.2, 0.25) is 0 Å². The number of fused-ring (bicyclic) bond motifs is 2. The summed E-state index contributed by atoms with van der Waals surface area (Å²) in [5.41, 5.74) is 1.53. The SMILES string of the molecule is COc1ccc2c(c1)[C@]13CCN(C)[C@H](C2)[C@]1(O)C[C@@H]1NC(=O)C[C@@H]1C3. The van der Waals surface area contributed by atoms with E-state index >= 15 is 0 Å². The van der Waals surface area contributed by atoms with Gasteiger partial charge in [-0.2, -0.15) is 0 Å². The van der Waals surface area contributed by atoms with E-state index in [4.69, 9.17) is 4.74 Å². The van der Waals surface area contributed by atoms with Gasteiger partial charge < -0.3 is 20.1 Å². The Morgan fingerprint density at radius 3 is 2.96 bits per heavy atom. The third-order valence-corrected chi connectivity index (χ3v) is 7.55. The molecule has 5 heteroatoms. The molecule has 0 unspecified atom stereocenters. The second-order valence-corrected chi connectivity index (χ2v) is 8.53. The summed E-state index contributed by atoms with van der Waals surface area (Å²) in [7, 11) is 3.82. The van der Waals surface area contributed by atoms with Crippen molar-refractivity contribution in [3.63, 3.8) is 0 Å². The molecule has 1 saturated carbocycles. The average Bonchev–Trinajstić information content (AvgIpc) is 2.93. The second-order valence-electron chi connectivity index (χ2n) is 8.53. The molecule has 5 atom stereocenters. The summed E-state index contributed by atoms with van der Waals surface area (Å²) in [5.74, 6) is 1.33. The quantitative estimate of drug-likeness (QED) is 0.806. The molecule has 0 spiro atoms. The molecule has 1 aromatic rings. The summed E-state index contributed by atoms with van der Waals surface area (Å²) in [6, 6.07) is 6.58. The topological polar surface area (TPSA) is 61.8 Å². The number of methoxy groups -OCH3 is 1. The van der Waals surface area contributed by atoms with E-state index in [0.717, 1.165) is 31.6 Å². The number of carbonyl (C=O) groups excluding carboxylic acids is 1. The number of aliphatic hydroxyl groups is 1. The Balaban J connectivity index is 1.70. The van der Waals surface area contributed by atoms with Crippen LogP contribution < -0.4 is 10.1 Å². The number of likely N-dealkylation sites (tertiary alicyclic amines) is 1. The van der Waals surface area contributed by atoms with Crippen LogP contribution in [0.1, 0.15) is 36.8 Å². The predicted octanol–water partition coefficient (Wildman–Crippen LogP) is 1.22. The van der Waals surface area contributed by atoms with Crippen molar-refractivity contribution in [3.8, 4) is 5.75 Å². The van der Waals surface area contributed by atoms with Gasteiger partial charge in [-0.05, 0) is 68.5 Å². The van der Waals surface area contributed by atoms with Crippen molar-refractivity contribution in [2.45, 2.75) is 55.2 Å². The van der Waals surface area contributed by atoms with E-state index in [9.17, 15) is 9.90 Å². The van der Waals surface area contributed by atoms with E-state index < -0.39 is 5.60 Å². The second kappa shape index (κ2) is 4.98. The Hall–Kier alpha value is -1.59. The fraction of sp³-hybridized carbons (Fsp3) is 0.650. The lowest BCUT2D eigenvalue weighted by atomic mass is 9.47. The number of nitrogens with one attached hydrogen (secondary N) is 1. The molecule has 2 aliphatic carbocycles. The largest absolute Gasteiger partial charge is 0.497 e. The number of ether oxygens (including phenoxy) is 1. The van der Waals surface area contributed by atoms with Gasteiger partial charge in [0.15, 0.2) is 0 Å². The number of hydrogen-bond donors (Lipinski definition) is 2. The third kappa shape index (κ3) is 1.88. The molecular formula is C20H26N2O3. The predicted molar refractivity (Wildman–Crippen MR) is 93.6 cm³/mol. The molecule has 5 nitrogen and oxygen atoms in total. The van der Waals surface area contributed by atoms with Gasteiger partial charge in [-0.1, -0.05) is 6.07 Å². The normalized spacial score (nSPS) is 42.2. The standard InChI is InChI=1S/C20H26N2O3/c1-22-6-5-19-10-13-8-18(23)21-16(13)11-20(19,24)17(22)7-12-3-4-14(25-2)9-15(12)19/h3-4,9,13,16-17,24H,5-8,10-11H2,1-2H3,(H,21,23)/t13-,16+,17-,19-,20-/m1/s1. The van der Waals surface area contributed by atoms with Crippen LogP contribution in [0, 0.1) is 5.92 Å². The zero-order chi connectivity index (χ0) is 17.4. The first kappa shape index (κ1) is 15.6. The molecule has 0 radical (unpaired) electrons. The van der Waals surface area contributed by atoms with Gasteiger partial charge in [-0.15, -0.1) is 0 Å². The summed E-state index contributed by atoms with van der Waals surface area (Å²) >= 11 is 0. The number of piperidine rings is 1. The van der Waals surface area contributed by atoms with Crippen LogP contribution in [-0.4, -0.2) is 54.3 Å². The molecule has 2 bridgehead atoms. The zero-order valence-corrected chi connectivity index (χ0v) is 14.9. The van der Waals surface area contributed by atoms with Gasteiger partial charge in [0.25, 0.3) is 0 Å². The highest BCUT2D eigenvalue weighted by Gasteiger charge is 2.66. The first-order valence-electron chi connectivity index (χ1n) is 9.36. The maximum Gasteiger partial charge on any atom is 0.220 e. The fourth-order valence-corrected chi connectivity index (χ4v) is 6.33. The van der Waals surface area contributed by atoms with Crippen LogP contribution >= 0.6 is 0 Å². The van der Waals surface area contributed by atoms with E-state index in [-0.39, 0.29) is 23.4 Å². The minimum absolute atomic E-state index is 0.112. The zero-order valence-electron chi connectivity index (χ0n) is 14.9. The molecule has 0 aromatic heterocycles. The van der Waals surface area contributed by atoms with Crippen molar-refractivity contribution in [2.75, 3.05) is 20.7 Å². The number of rotatable bonds is 1. The minimum atomic E-state index is -0.794. The van der Waals surface area contributed by atoms with E-state index in [1.54, 1.807) is 7.11 Å². The first-order chi connectivity index (χ1) is 12.0. The van der Waals surface area contributed by atoms with Crippen LogP contribution in [0.3, 0.4) is 0 Å². The molecule has 25 heavy (non-hydrogen) atoms. The van der Waals surface area contributed by atoms with Crippen LogP contribution in [0.25, 0.3) is 0 Å². The van der Waals surface area contributed by atoms with Crippen LogP contribution in [0.5, 0.6) is 5.75 Å². The molecule has 1 aromatic carbocycles. The van der Waals surface area contributed by atoms with E-state index in [1.807, 2.05) is 6.07 Å². The van der Waals surface area contributed by atoms with Crippen molar-refractivity contribution in [1.82, 2.24) is 10.2 Å². The molecule has 3 fully saturated rings. The Labute approximate surface area is 148 Å². The summed E-state index contributed by atoms with van der Waals surface area (Å²) in [6.45, 7) is 0.988. The average molecular weight is 342 g/mol. The Bertz CT molecular complexity index is 750. The molecule has 134 valence electrons. The van der Waals surface area contributed by atoms with Crippen LogP contribution in [-0.2, 0) is 16.6 Å². The van der Waals surface area contributed by atoms with Crippen LogP contribution in [0.4, 0.5) is 0 Å². The smallest absolute Gasteiger partial charge is 0.220 e. The number of nitrogens with zero attached hydrogens (tertiary/aromatic N) is 1. The van der Waals surface area contributed by atoms with Gasteiger partial charge in [0, 0.05) is 23.9 Å². The molecule has 4 aliphatic rings. The highest BCUT2D eigenvalue weighted by molar-refractivity contribution is 5.79. The Morgan fingerprint density at radius 2 is 2.16 bits per heavy atom. The van der Waals surface area contributed by atoms with Crippen molar-refractivity contribution in [3.05, 3.63) is 29.3 Å². The highest BCUT2D eigenvalue weighted by Crippen LogP contribution is 2.60. The van der Waals surface area contributed by atoms with Gasteiger partial charge in [0.1, 0.15) is 5.75 Å². The number of hydrogen-bond acceptors (Lipinski definition) is 4. The molecule has 2 N–H and O–H groups in total. The van der Waals surface area contributed by atoms with Gasteiger partial charge >= 0.3 is 0 Å². The summed E-state index contributed by atoms with van der Waals surface area (Å²) < 4.78 is 5.49. The Kier molecular flexibility index (Phi) is 3.12. The Morgan fingerprint density at radius 1 is 1.32 bits per heavy atom. The van der Waals surface area contributed by atoms with Gasteiger partial charge in [0.05, 0.1) is 12.7 Å². The lowest BCUT2D eigenvalue weighted by Gasteiger charge is -2.65. The fourth-order valence-electron chi connectivity index (χ4n) is 6.33. The van der Waals surface area contributed by atoms with E-state index in [2.05, 4.69) is 29.4 Å². The van der Waals surface area contributed by atoms with Gasteiger partial charge in [-0.25, -0.2) is 0 Å². The van der Waals surface area contributed by atoms with Crippen molar-refractivity contribution in [2.24, 2.45) is 5.92 Å². The number of likely N-dealkylation sites (N-methyl/N-ethyl adjacent to an activating group) is 1. The summed E-state index contributed by atoms with van der Waals surface area (Å²) in [5, 5.41) is 15.2.